The van der Waals surface area contributed by atoms with Gasteiger partial charge in [-0.2, -0.15) is 0 Å². The summed E-state index contributed by atoms with van der Waals surface area (Å²) < 4.78 is 7.38. The number of pyridine rings is 1. The van der Waals surface area contributed by atoms with Crippen molar-refractivity contribution in [3.8, 4) is 17.1 Å². The second kappa shape index (κ2) is 6.28. The van der Waals surface area contributed by atoms with E-state index in [4.69, 9.17) is 9.72 Å². The van der Waals surface area contributed by atoms with Crippen molar-refractivity contribution in [2.75, 3.05) is 7.11 Å². The number of nitrogens with one attached hydrogen (secondary N) is 1. The molecule has 5 heteroatoms. The molecule has 0 aliphatic carbocycles. The Kier molecular flexibility index (Phi) is 3.82. The quantitative estimate of drug-likeness (QED) is 0.623. The van der Waals surface area contributed by atoms with Crippen LogP contribution < -0.4 is 10.3 Å². The second-order valence-electron chi connectivity index (χ2n) is 5.77. The van der Waals surface area contributed by atoms with Crippen LogP contribution in [0.5, 0.6) is 5.75 Å². The molecule has 2 aromatic heterocycles. The van der Waals surface area contributed by atoms with Gasteiger partial charge in [-0.05, 0) is 42.0 Å². The first-order valence-corrected chi connectivity index (χ1v) is 8.02. The molecule has 0 amide bonds. The number of nitrogens with zero attached hydrogens (tertiary/aromatic N) is 2. The average molecular weight is 331 g/mol. The lowest BCUT2D eigenvalue weighted by Gasteiger charge is -2.10. The minimum atomic E-state index is -0.148. The molecule has 0 saturated carbocycles. The van der Waals surface area contributed by atoms with Crippen LogP contribution in [0.4, 0.5) is 0 Å². The van der Waals surface area contributed by atoms with Crippen molar-refractivity contribution in [2.24, 2.45) is 0 Å². The summed E-state index contributed by atoms with van der Waals surface area (Å²) in [5, 5.41) is 0. The highest BCUT2D eigenvalue weighted by atomic mass is 16.5. The minimum Gasteiger partial charge on any atom is -0.497 e. The highest BCUT2D eigenvalue weighted by Crippen LogP contribution is 2.24. The molecule has 124 valence electrons. The first kappa shape index (κ1) is 15.2. The maximum absolute atomic E-state index is 12.3. The standard InChI is InChI=1S/C20H17N3O2/c1-25-15-7-4-6-14(12-15)13-23-18-10-3-2-9-17(18)22-19(23)16-8-5-11-21-20(16)24/h2-12H,13H2,1H3,(H,21,24). The van der Waals surface area contributed by atoms with Gasteiger partial charge in [0, 0.05) is 12.7 Å². The second-order valence-corrected chi connectivity index (χ2v) is 5.77. The first-order valence-electron chi connectivity index (χ1n) is 8.02. The van der Waals surface area contributed by atoms with Crippen LogP contribution in [0.2, 0.25) is 0 Å². The number of rotatable bonds is 4. The third-order valence-corrected chi connectivity index (χ3v) is 4.19. The van der Waals surface area contributed by atoms with Crippen molar-refractivity contribution in [2.45, 2.75) is 6.54 Å². The number of methoxy groups -OCH3 is 1. The van der Waals surface area contributed by atoms with E-state index in [9.17, 15) is 4.79 Å². The molecular weight excluding hydrogens is 314 g/mol. The molecule has 2 heterocycles. The van der Waals surface area contributed by atoms with E-state index in [1.807, 2.05) is 54.6 Å². The van der Waals surface area contributed by atoms with Crippen LogP contribution in [-0.4, -0.2) is 21.6 Å². The molecule has 5 nitrogen and oxygen atoms in total. The van der Waals surface area contributed by atoms with Gasteiger partial charge in [-0.25, -0.2) is 4.98 Å². The smallest absolute Gasteiger partial charge is 0.258 e. The number of aromatic amines is 1. The summed E-state index contributed by atoms with van der Waals surface area (Å²) >= 11 is 0. The lowest BCUT2D eigenvalue weighted by Crippen LogP contribution is -2.11. The fraction of sp³-hybridized carbons (Fsp3) is 0.100. The Morgan fingerprint density at radius 2 is 1.96 bits per heavy atom. The van der Waals surface area contributed by atoms with Gasteiger partial charge in [0.05, 0.1) is 23.7 Å². The van der Waals surface area contributed by atoms with Crippen molar-refractivity contribution in [1.82, 2.24) is 14.5 Å². The molecular formula is C20H17N3O2. The van der Waals surface area contributed by atoms with Gasteiger partial charge < -0.3 is 14.3 Å². The molecule has 0 unspecified atom stereocenters. The van der Waals surface area contributed by atoms with Gasteiger partial charge in [-0.1, -0.05) is 24.3 Å². The normalized spacial score (nSPS) is 10.9. The van der Waals surface area contributed by atoms with Gasteiger partial charge >= 0.3 is 0 Å². The maximum Gasteiger partial charge on any atom is 0.258 e. The molecule has 1 N–H and O–H groups in total. The first-order chi connectivity index (χ1) is 12.3. The molecule has 0 spiro atoms. The van der Waals surface area contributed by atoms with Gasteiger partial charge in [-0.3, -0.25) is 4.79 Å². The molecule has 0 aliphatic rings. The predicted octanol–water partition coefficient (Wildman–Crippen LogP) is 3.45. The summed E-state index contributed by atoms with van der Waals surface area (Å²) in [5.41, 5.74) is 3.34. The number of aromatic nitrogens is 3. The number of para-hydroxylation sites is 2. The Hall–Kier alpha value is -3.34. The zero-order valence-corrected chi connectivity index (χ0v) is 13.8. The van der Waals surface area contributed by atoms with E-state index in [1.165, 1.54) is 0 Å². The van der Waals surface area contributed by atoms with Crippen LogP contribution in [0.25, 0.3) is 22.4 Å². The Bertz CT molecular complexity index is 1100. The zero-order chi connectivity index (χ0) is 17.2. The Morgan fingerprint density at radius 1 is 1.08 bits per heavy atom. The lowest BCUT2D eigenvalue weighted by atomic mass is 10.2. The number of imidazole rings is 1. The van der Waals surface area contributed by atoms with Gasteiger partial charge in [-0.15, -0.1) is 0 Å². The lowest BCUT2D eigenvalue weighted by molar-refractivity contribution is 0.414. The zero-order valence-electron chi connectivity index (χ0n) is 13.8. The van der Waals surface area contributed by atoms with Crippen molar-refractivity contribution in [3.63, 3.8) is 0 Å². The minimum absolute atomic E-state index is 0.148. The number of ether oxygens (including phenoxy) is 1. The monoisotopic (exact) mass is 331 g/mol. The van der Waals surface area contributed by atoms with Crippen molar-refractivity contribution in [1.29, 1.82) is 0 Å². The van der Waals surface area contributed by atoms with E-state index >= 15 is 0 Å². The summed E-state index contributed by atoms with van der Waals surface area (Å²) in [6.45, 7) is 0.599. The van der Waals surface area contributed by atoms with Crippen LogP contribution in [0.3, 0.4) is 0 Å². The molecule has 0 radical (unpaired) electrons. The largest absolute Gasteiger partial charge is 0.497 e. The molecule has 4 aromatic rings. The number of hydrogen-bond acceptors (Lipinski definition) is 3. The van der Waals surface area contributed by atoms with Gasteiger partial charge in [0.1, 0.15) is 11.6 Å². The molecule has 4 rings (SSSR count). The van der Waals surface area contributed by atoms with E-state index in [1.54, 1.807) is 19.4 Å². The summed E-state index contributed by atoms with van der Waals surface area (Å²) in [6.07, 6.45) is 1.63. The van der Waals surface area contributed by atoms with E-state index < -0.39 is 0 Å². The number of H-pyrrole nitrogens is 1. The third-order valence-electron chi connectivity index (χ3n) is 4.19. The SMILES string of the molecule is COc1cccc(Cn2c(-c3ccc[nH]c3=O)nc3ccccc32)c1. The number of fused-ring (bicyclic) bond motifs is 1. The summed E-state index contributed by atoms with van der Waals surface area (Å²) in [5.74, 6) is 1.46. The highest BCUT2D eigenvalue weighted by molar-refractivity contribution is 5.80. The molecule has 0 atom stereocenters. The van der Waals surface area contributed by atoms with Crippen LogP contribution in [0.15, 0.2) is 71.7 Å². The Balaban J connectivity index is 1.90. The number of hydrogen-bond donors (Lipinski definition) is 1. The molecule has 0 fully saturated rings. The van der Waals surface area contributed by atoms with Crippen LogP contribution in [-0.2, 0) is 6.54 Å². The van der Waals surface area contributed by atoms with E-state index in [2.05, 4.69) is 9.55 Å². The fourth-order valence-corrected chi connectivity index (χ4v) is 2.99. The summed E-state index contributed by atoms with van der Waals surface area (Å²) in [7, 11) is 1.65. The fourth-order valence-electron chi connectivity index (χ4n) is 2.99. The van der Waals surface area contributed by atoms with E-state index in [-0.39, 0.29) is 5.56 Å². The van der Waals surface area contributed by atoms with E-state index in [0.29, 0.717) is 17.9 Å². The molecule has 0 bridgehead atoms. The molecule has 0 aliphatic heterocycles. The topological polar surface area (TPSA) is 59.9 Å². The van der Waals surface area contributed by atoms with Crippen LogP contribution >= 0.6 is 0 Å². The maximum atomic E-state index is 12.3. The average Bonchev–Trinajstić information content (AvgIpc) is 3.01. The van der Waals surface area contributed by atoms with Gasteiger partial charge in [0.2, 0.25) is 0 Å². The van der Waals surface area contributed by atoms with E-state index in [0.717, 1.165) is 22.3 Å². The summed E-state index contributed by atoms with van der Waals surface area (Å²) in [6, 6.07) is 19.4. The van der Waals surface area contributed by atoms with Gasteiger partial charge in [0.15, 0.2) is 0 Å². The van der Waals surface area contributed by atoms with Crippen molar-refractivity contribution < 1.29 is 4.74 Å². The molecule has 25 heavy (non-hydrogen) atoms. The molecule has 2 aromatic carbocycles. The van der Waals surface area contributed by atoms with Crippen LogP contribution in [0.1, 0.15) is 5.56 Å². The Morgan fingerprint density at radius 3 is 2.80 bits per heavy atom. The summed E-state index contributed by atoms with van der Waals surface area (Å²) in [4.78, 5) is 19.7. The van der Waals surface area contributed by atoms with Crippen LogP contribution in [0, 0.1) is 0 Å². The van der Waals surface area contributed by atoms with Gasteiger partial charge in [0.25, 0.3) is 5.56 Å². The molecule has 0 saturated heterocycles. The Labute approximate surface area is 144 Å². The highest BCUT2D eigenvalue weighted by Gasteiger charge is 2.15. The number of benzene rings is 2. The third kappa shape index (κ3) is 2.80. The van der Waals surface area contributed by atoms with Crippen molar-refractivity contribution >= 4 is 11.0 Å². The van der Waals surface area contributed by atoms with Crippen molar-refractivity contribution in [3.05, 3.63) is 82.8 Å². The predicted molar refractivity (Wildman–Crippen MR) is 97.9 cm³/mol.